The van der Waals surface area contributed by atoms with E-state index in [0.29, 0.717) is 0 Å². The summed E-state index contributed by atoms with van der Waals surface area (Å²) >= 11 is 0. The molecule has 0 fully saturated rings. The zero-order valence-corrected chi connectivity index (χ0v) is 10.3. The van der Waals surface area contributed by atoms with Crippen molar-refractivity contribution in [2.24, 2.45) is 5.73 Å². The summed E-state index contributed by atoms with van der Waals surface area (Å²) in [5, 5.41) is 10.2. The number of rotatable bonds is 4. The van der Waals surface area contributed by atoms with E-state index in [-0.39, 0.29) is 0 Å². The summed E-state index contributed by atoms with van der Waals surface area (Å²) < 4.78 is 5.08. The van der Waals surface area contributed by atoms with Crippen LogP contribution in [-0.2, 0) is 0 Å². The van der Waals surface area contributed by atoms with Crippen molar-refractivity contribution in [1.29, 1.82) is 0 Å². The zero-order chi connectivity index (χ0) is 13.0. The monoisotopic (exact) mass is 243 g/mol. The highest BCUT2D eigenvalue weighted by molar-refractivity contribution is 5.31. The lowest BCUT2D eigenvalue weighted by Crippen LogP contribution is -2.19. The van der Waals surface area contributed by atoms with E-state index >= 15 is 0 Å². The third kappa shape index (κ3) is 2.70. The van der Waals surface area contributed by atoms with Gasteiger partial charge in [-0.2, -0.15) is 0 Å². The van der Waals surface area contributed by atoms with Crippen LogP contribution in [0.2, 0.25) is 0 Å². The van der Waals surface area contributed by atoms with E-state index in [2.05, 4.69) is 0 Å². The van der Waals surface area contributed by atoms with E-state index in [9.17, 15) is 5.11 Å². The van der Waals surface area contributed by atoms with Crippen LogP contribution < -0.4 is 10.5 Å². The Kier molecular flexibility index (Phi) is 3.97. The molecule has 0 saturated heterocycles. The minimum absolute atomic E-state index is 0.431. The van der Waals surface area contributed by atoms with Gasteiger partial charge in [-0.05, 0) is 23.3 Å². The quantitative estimate of drug-likeness (QED) is 0.867. The van der Waals surface area contributed by atoms with Gasteiger partial charge in [0, 0.05) is 0 Å². The molecule has 0 aromatic heterocycles. The maximum absolute atomic E-state index is 10.2. The molecular weight excluding hydrogens is 226 g/mol. The van der Waals surface area contributed by atoms with Gasteiger partial charge in [-0.25, -0.2) is 0 Å². The third-order valence-electron chi connectivity index (χ3n) is 2.98. The number of hydrogen-bond acceptors (Lipinski definition) is 3. The van der Waals surface area contributed by atoms with E-state index in [1.54, 1.807) is 7.11 Å². The molecule has 94 valence electrons. The van der Waals surface area contributed by atoms with E-state index in [1.807, 2.05) is 54.6 Å². The zero-order valence-electron chi connectivity index (χ0n) is 10.3. The summed E-state index contributed by atoms with van der Waals surface area (Å²) in [4.78, 5) is 0. The van der Waals surface area contributed by atoms with Crippen molar-refractivity contribution in [3.05, 3.63) is 65.7 Å². The number of methoxy groups -OCH3 is 1. The Bertz CT molecular complexity index is 482. The van der Waals surface area contributed by atoms with Crippen LogP contribution in [0, 0.1) is 0 Å². The third-order valence-corrected chi connectivity index (χ3v) is 2.98. The van der Waals surface area contributed by atoms with Gasteiger partial charge in [0.2, 0.25) is 0 Å². The Labute approximate surface area is 107 Å². The molecule has 0 amide bonds. The van der Waals surface area contributed by atoms with Crippen LogP contribution >= 0.6 is 0 Å². The molecule has 2 rings (SSSR count). The van der Waals surface area contributed by atoms with Gasteiger partial charge in [-0.3, -0.25) is 0 Å². The first-order chi connectivity index (χ1) is 8.72. The molecule has 0 heterocycles. The molecule has 2 aromatic rings. The van der Waals surface area contributed by atoms with Crippen LogP contribution in [0.4, 0.5) is 0 Å². The fraction of sp³-hybridized carbons (Fsp3) is 0.200. The summed E-state index contributed by atoms with van der Waals surface area (Å²) in [6.07, 6.45) is -0.724. The van der Waals surface area contributed by atoms with Gasteiger partial charge in [0.05, 0.1) is 19.3 Å². The topological polar surface area (TPSA) is 55.5 Å². The maximum Gasteiger partial charge on any atom is 0.118 e. The molecule has 3 nitrogen and oxygen atoms in total. The van der Waals surface area contributed by atoms with Crippen LogP contribution in [0.1, 0.15) is 23.3 Å². The summed E-state index contributed by atoms with van der Waals surface area (Å²) in [6.45, 7) is 0. The van der Waals surface area contributed by atoms with Gasteiger partial charge in [0.15, 0.2) is 0 Å². The summed E-state index contributed by atoms with van der Waals surface area (Å²) in [7, 11) is 1.61. The highest BCUT2D eigenvalue weighted by atomic mass is 16.5. The molecule has 0 radical (unpaired) electrons. The molecule has 0 aliphatic carbocycles. The summed E-state index contributed by atoms with van der Waals surface area (Å²) in [5.41, 5.74) is 7.76. The molecule has 2 atom stereocenters. The Hall–Kier alpha value is -1.84. The first-order valence-corrected chi connectivity index (χ1v) is 5.85. The molecule has 0 aliphatic rings. The van der Waals surface area contributed by atoms with Crippen molar-refractivity contribution >= 4 is 0 Å². The predicted octanol–water partition coefficient (Wildman–Crippen LogP) is 2.43. The fourth-order valence-electron chi connectivity index (χ4n) is 1.87. The van der Waals surface area contributed by atoms with Crippen molar-refractivity contribution in [3.8, 4) is 5.75 Å². The Balaban J connectivity index is 2.17. The van der Waals surface area contributed by atoms with E-state index in [1.165, 1.54) is 0 Å². The number of nitrogens with two attached hydrogens (primary N) is 1. The van der Waals surface area contributed by atoms with Crippen molar-refractivity contribution in [2.75, 3.05) is 7.11 Å². The molecule has 18 heavy (non-hydrogen) atoms. The van der Waals surface area contributed by atoms with Crippen LogP contribution in [0.3, 0.4) is 0 Å². The van der Waals surface area contributed by atoms with Crippen molar-refractivity contribution < 1.29 is 9.84 Å². The summed E-state index contributed by atoms with van der Waals surface area (Å²) in [5.74, 6) is 0.763. The number of aliphatic hydroxyl groups is 1. The van der Waals surface area contributed by atoms with Crippen LogP contribution in [-0.4, -0.2) is 12.2 Å². The highest BCUT2D eigenvalue weighted by Gasteiger charge is 2.18. The maximum atomic E-state index is 10.2. The van der Waals surface area contributed by atoms with Gasteiger partial charge in [0.25, 0.3) is 0 Å². The normalized spacial score (nSPS) is 13.9. The van der Waals surface area contributed by atoms with Crippen molar-refractivity contribution in [1.82, 2.24) is 0 Å². The van der Waals surface area contributed by atoms with Gasteiger partial charge < -0.3 is 15.6 Å². The molecule has 3 N–H and O–H groups in total. The standard InChI is InChI=1S/C15H17NO2/c1-18-13-9-7-12(8-10-13)15(17)14(16)11-5-3-2-4-6-11/h2-10,14-15,17H,16H2,1H3/t14-,15+/m1/s1. The molecule has 0 aliphatic heterocycles. The predicted molar refractivity (Wildman–Crippen MR) is 71.3 cm³/mol. The first kappa shape index (κ1) is 12.6. The van der Waals surface area contributed by atoms with Crippen LogP contribution in [0.25, 0.3) is 0 Å². The number of benzene rings is 2. The lowest BCUT2D eigenvalue weighted by Gasteiger charge is -2.19. The van der Waals surface area contributed by atoms with Gasteiger partial charge in [-0.15, -0.1) is 0 Å². The molecule has 0 bridgehead atoms. The first-order valence-electron chi connectivity index (χ1n) is 5.85. The van der Waals surface area contributed by atoms with Crippen LogP contribution in [0.5, 0.6) is 5.75 Å². The van der Waals surface area contributed by atoms with E-state index in [0.717, 1.165) is 16.9 Å². The van der Waals surface area contributed by atoms with Gasteiger partial charge in [-0.1, -0.05) is 42.5 Å². The number of ether oxygens (including phenoxy) is 1. The minimum atomic E-state index is -0.724. The molecule has 3 heteroatoms. The number of hydrogen-bond donors (Lipinski definition) is 2. The minimum Gasteiger partial charge on any atom is -0.497 e. The lowest BCUT2D eigenvalue weighted by atomic mass is 9.97. The fourth-order valence-corrected chi connectivity index (χ4v) is 1.87. The Morgan fingerprint density at radius 1 is 0.944 bits per heavy atom. The largest absolute Gasteiger partial charge is 0.497 e. The van der Waals surface area contributed by atoms with E-state index in [4.69, 9.17) is 10.5 Å². The van der Waals surface area contributed by atoms with Crippen molar-refractivity contribution in [3.63, 3.8) is 0 Å². The second-order valence-corrected chi connectivity index (χ2v) is 4.15. The average molecular weight is 243 g/mol. The van der Waals surface area contributed by atoms with Gasteiger partial charge >= 0.3 is 0 Å². The Morgan fingerprint density at radius 3 is 2.11 bits per heavy atom. The van der Waals surface area contributed by atoms with E-state index < -0.39 is 12.1 Å². The Morgan fingerprint density at radius 2 is 1.56 bits per heavy atom. The SMILES string of the molecule is COc1ccc([C@H](O)[C@H](N)c2ccccc2)cc1. The molecular formula is C15H17NO2. The molecule has 0 saturated carbocycles. The second-order valence-electron chi connectivity index (χ2n) is 4.15. The molecule has 0 spiro atoms. The van der Waals surface area contributed by atoms with Crippen molar-refractivity contribution in [2.45, 2.75) is 12.1 Å². The number of aliphatic hydroxyl groups excluding tert-OH is 1. The van der Waals surface area contributed by atoms with Gasteiger partial charge in [0.1, 0.15) is 5.75 Å². The molecule has 2 aromatic carbocycles. The summed E-state index contributed by atoms with van der Waals surface area (Å²) in [6, 6.07) is 16.4. The average Bonchev–Trinajstić information content (AvgIpc) is 2.47. The second kappa shape index (κ2) is 5.67. The highest BCUT2D eigenvalue weighted by Crippen LogP contribution is 2.27. The molecule has 0 unspecified atom stereocenters. The van der Waals surface area contributed by atoms with Crippen LogP contribution in [0.15, 0.2) is 54.6 Å². The lowest BCUT2D eigenvalue weighted by molar-refractivity contribution is 0.147. The smallest absolute Gasteiger partial charge is 0.118 e.